The summed E-state index contributed by atoms with van der Waals surface area (Å²) in [4.78, 5) is 8.96. The van der Waals surface area contributed by atoms with Gasteiger partial charge >= 0.3 is 0 Å². The molecule has 0 saturated heterocycles. The van der Waals surface area contributed by atoms with Gasteiger partial charge in [0.2, 0.25) is 5.88 Å². The minimum atomic E-state index is 0.271. The van der Waals surface area contributed by atoms with Crippen LogP contribution in [-0.2, 0) is 0 Å². The first kappa shape index (κ1) is 21.1. The molecule has 0 fully saturated rings. The number of hydrogen-bond acceptors (Lipinski definition) is 4. The molecule has 0 aliphatic rings. The Bertz CT molecular complexity index is 910. The summed E-state index contributed by atoms with van der Waals surface area (Å²) in [7, 11) is 0. The minimum Gasteiger partial charge on any atom is -0.508 e. The van der Waals surface area contributed by atoms with Crippen LogP contribution in [0.1, 0.15) is 58.8 Å². The van der Waals surface area contributed by atoms with Gasteiger partial charge in [-0.15, -0.1) is 0 Å². The molecular weight excluding hydrogens is 360 g/mol. The number of aromatic hydroxyl groups is 1. The summed E-state index contributed by atoms with van der Waals surface area (Å²) < 4.78 is 5.86. The van der Waals surface area contributed by atoms with Crippen molar-refractivity contribution in [2.75, 3.05) is 6.61 Å². The van der Waals surface area contributed by atoms with E-state index >= 15 is 0 Å². The van der Waals surface area contributed by atoms with E-state index in [1.165, 1.54) is 38.5 Å². The first-order valence-electron chi connectivity index (χ1n) is 10.8. The van der Waals surface area contributed by atoms with Gasteiger partial charge in [0.05, 0.1) is 6.61 Å². The van der Waals surface area contributed by atoms with Gasteiger partial charge in [-0.05, 0) is 41.3 Å². The number of unbranched alkanes of at least 4 members (excludes halogenated alkanes) is 3. The van der Waals surface area contributed by atoms with Gasteiger partial charge in [-0.3, -0.25) is 0 Å². The number of aromatic nitrogens is 2. The second-order valence-corrected chi connectivity index (χ2v) is 7.91. The van der Waals surface area contributed by atoms with E-state index < -0.39 is 0 Å². The van der Waals surface area contributed by atoms with E-state index in [-0.39, 0.29) is 5.75 Å². The highest BCUT2D eigenvalue weighted by atomic mass is 16.5. The Kier molecular flexibility index (Phi) is 7.85. The Hall–Kier alpha value is -2.62. The van der Waals surface area contributed by atoms with E-state index in [1.54, 1.807) is 18.3 Å². The number of hydrogen-bond donors (Lipinski definition) is 1. The molecule has 0 amide bonds. The predicted octanol–water partition coefficient (Wildman–Crippen LogP) is 6.77. The van der Waals surface area contributed by atoms with Crippen LogP contribution in [0.25, 0.3) is 22.2 Å². The number of nitrogens with zero attached hydrogens (tertiary/aromatic N) is 2. The molecule has 4 heteroatoms. The average molecular weight is 393 g/mol. The van der Waals surface area contributed by atoms with Crippen molar-refractivity contribution in [2.24, 2.45) is 5.92 Å². The highest BCUT2D eigenvalue weighted by molar-refractivity contribution is 5.87. The normalized spacial score (nSPS) is 12.2. The summed E-state index contributed by atoms with van der Waals surface area (Å²) in [5.74, 6) is 2.39. The van der Waals surface area contributed by atoms with Crippen LogP contribution in [0, 0.1) is 5.92 Å². The van der Waals surface area contributed by atoms with Crippen molar-refractivity contribution in [3.63, 3.8) is 0 Å². The number of rotatable bonds is 11. The Morgan fingerprint density at radius 3 is 2.59 bits per heavy atom. The SMILES string of the molecule is CCCCC(C)CCCCCOc1ccnc(-c2ccc3cc(O)ccc3c2)n1. The van der Waals surface area contributed by atoms with Gasteiger partial charge < -0.3 is 9.84 Å². The van der Waals surface area contributed by atoms with Gasteiger partial charge in [0.15, 0.2) is 5.82 Å². The summed E-state index contributed by atoms with van der Waals surface area (Å²) in [5, 5.41) is 11.6. The van der Waals surface area contributed by atoms with Crippen LogP contribution in [0.2, 0.25) is 0 Å². The molecule has 0 aliphatic heterocycles. The third-order valence-electron chi connectivity index (χ3n) is 5.35. The van der Waals surface area contributed by atoms with E-state index in [0.717, 1.165) is 28.7 Å². The molecule has 1 atom stereocenters. The Balaban J connectivity index is 1.49. The zero-order chi connectivity index (χ0) is 20.5. The maximum atomic E-state index is 9.61. The fourth-order valence-electron chi connectivity index (χ4n) is 3.58. The zero-order valence-corrected chi connectivity index (χ0v) is 17.6. The third-order valence-corrected chi connectivity index (χ3v) is 5.35. The highest BCUT2D eigenvalue weighted by Crippen LogP contribution is 2.25. The van der Waals surface area contributed by atoms with Crippen molar-refractivity contribution in [1.29, 1.82) is 0 Å². The first-order chi connectivity index (χ1) is 14.2. The maximum Gasteiger partial charge on any atom is 0.216 e. The molecule has 3 rings (SSSR count). The molecular formula is C25H32N2O2. The van der Waals surface area contributed by atoms with E-state index in [9.17, 15) is 5.11 Å². The quantitative estimate of drug-likeness (QED) is 0.366. The Labute approximate surface area is 174 Å². The van der Waals surface area contributed by atoms with Crippen molar-refractivity contribution < 1.29 is 9.84 Å². The third kappa shape index (κ3) is 6.45. The van der Waals surface area contributed by atoms with Crippen LogP contribution in [0.15, 0.2) is 48.7 Å². The van der Waals surface area contributed by atoms with Crippen molar-refractivity contribution >= 4 is 10.8 Å². The van der Waals surface area contributed by atoms with Gasteiger partial charge in [-0.2, -0.15) is 4.98 Å². The molecule has 1 aromatic heterocycles. The fourth-order valence-corrected chi connectivity index (χ4v) is 3.58. The lowest BCUT2D eigenvalue weighted by Crippen LogP contribution is -2.01. The summed E-state index contributed by atoms with van der Waals surface area (Å²) in [6.45, 7) is 5.31. The van der Waals surface area contributed by atoms with Crippen LogP contribution in [0.5, 0.6) is 11.6 Å². The Morgan fingerprint density at radius 1 is 0.931 bits per heavy atom. The standard InChI is InChI=1S/C25H32N2O2/c1-3-4-8-19(2)9-6-5-7-16-29-24-14-15-26-25(27-24)22-11-10-21-18-23(28)13-12-20(21)17-22/h10-15,17-19,28H,3-9,16H2,1-2H3. The van der Waals surface area contributed by atoms with E-state index in [0.29, 0.717) is 18.3 Å². The van der Waals surface area contributed by atoms with Crippen LogP contribution >= 0.6 is 0 Å². The number of phenols is 1. The predicted molar refractivity (Wildman–Crippen MR) is 119 cm³/mol. The first-order valence-corrected chi connectivity index (χ1v) is 10.8. The van der Waals surface area contributed by atoms with Crippen LogP contribution in [0.4, 0.5) is 0 Å². The van der Waals surface area contributed by atoms with Crippen LogP contribution in [-0.4, -0.2) is 21.7 Å². The molecule has 1 N–H and O–H groups in total. The van der Waals surface area contributed by atoms with Gasteiger partial charge in [-0.1, -0.05) is 70.6 Å². The van der Waals surface area contributed by atoms with Crippen molar-refractivity contribution in [1.82, 2.24) is 9.97 Å². The molecule has 0 aliphatic carbocycles. The topological polar surface area (TPSA) is 55.2 Å². The lowest BCUT2D eigenvalue weighted by atomic mass is 9.98. The van der Waals surface area contributed by atoms with Gasteiger partial charge in [0, 0.05) is 17.8 Å². The second kappa shape index (κ2) is 10.8. The summed E-state index contributed by atoms with van der Waals surface area (Å²) in [6.07, 6.45) is 10.6. The van der Waals surface area contributed by atoms with Gasteiger partial charge in [-0.25, -0.2) is 4.98 Å². The average Bonchev–Trinajstić information content (AvgIpc) is 2.74. The number of benzene rings is 2. The second-order valence-electron chi connectivity index (χ2n) is 7.91. The summed E-state index contributed by atoms with van der Waals surface area (Å²) >= 11 is 0. The molecule has 1 heterocycles. The minimum absolute atomic E-state index is 0.271. The van der Waals surface area contributed by atoms with Gasteiger partial charge in [0.1, 0.15) is 5.75 Å². The van der Waals surface area contributed by atoms with E-state index in [1.807, 2.05) is 30.3 Å². The maximum absolute atomic E-state index is 9.61. The Morgan fingerprint density at radius 2 is 1.72 bits per heavy atom. The lowest BCUT2D eigenvalue weighted by Gasteiger charge is -2.10. The number of fused-ring (bicyclic) bond motifs is 1. The van der Waals surface area contributed by atoms with Crippen molar-refractivity contribution in [3.8, 4) is 23.0 Å². The van der Waals surface area contributed by atoms with Crippen molar-refractivity contribution in [3.05, 3.63) is 48.7 Å². The molecule has 0 radical (unpaired) electrons. The number of ether oxygens (including phenoxy) is 1. The monoisotopic (exact) mass is 392 g/mol. The highest BCUT2D eigenvalue weighted by Gasteiger charge is 2.06. The summed E-state index contributed by atoms with van der Waals surface area (Å²) in [6, 6.07) is 13.1. The molecule has 154 valence electrons. The van der Waals surface area contributed by atoms with E-state index in [4.69, 9.17) is 4.74 Å². The molecule has 0 saturated carbocycles. The van der Waals surface area contributed by atoms with Crippen molar-refractivity contribution in [2.45, 2.75) is 58.8 Å². The smallest absolute Gasteiger partial charge is 0.216 e. The largest absolute Gasteiger partial charge is 0.508 e. The van der Waals surface area contributed by atoms with Crippen LogP contribution < -0.4 is 4.74 Å². The molecule has 29 heavy (non-hydrogen) atoms. The van der Waals surface area contributed by atoms with Gasteiger partial charge in [0.25, 0.3) is 0 Å². The fraction of sp³-hybridized carbons (Fsp3) is 0.440. The molecule has 2 aromatic carbocycles. The van der Waals surface area contributed by atoms with E-state index in [2.05, 4.69) is 23.8 Å². The summed E-state index contributed by atoms with van der Waals surface area (Å²) in [5.41, 5.74) is 0.940. The lowest BCUT2D eigenvalue weighted by molar-refractivity contribution is 0.291. The molecule has 1 unspecified atom stereocenters. The molecule has 4 nitrogen and oxygen atoms in total. The molecule has 3 aromatic rings. The molecule has 0 spiro atoms. The molecule has 0 bridgehead atoms. The zero-order valence-electron chi connectivity index (χ0n) is 17.6. The van der Waals surface area contributed by atoms with Crippen LogP contribution in [0.3, 0.4) is 0 Å². The number of phenolic OH excluding ortho intramolecular Hbond substituents is 1.